The summed E-state index contributed by atoms with van der Waals surface area (Å²) in [7, 11) is 0. The summed E-state index contributed by atoms with van der Waals surface area (Å²) in [6, 6.07) is 14.5. The number of anilines is 1. The summed E-state index contributed by atoms with van der Waals surface area (Å²) in [6.45, 7) is 6.61. The summed E-state index contributed by atoms with van der Waals surface area (Å²) >= 11 is 0. The predicted molar refractivity (Wildman–Crippen MR) is 92.9 cm³/mol. The maximum Gasteiger partial charge on any atom is 0.255 e. The van der Waals surface area contributed by atoms with Gasteiger partial charge in [0.2, 0.25) is 0 Å². The zero-order chi connectivity index (χ0) is 16.8. The normalized spacial score (nSPS) is 10.4. The van der Waals surface area contributed by atoms with Crippen LogP contribution in [0.4, 0.5) is 5.69 Å². The van der Waals surface area contributed by atoms with Crippen LogP contribution in [0.1, 0.15) is 53.0 Å². The van der Waals surface area contributed by atoms with E-state index in [4.69, 9.17) is 0 Å². The Bertz CT molecular complexity index is 691. The predicted octanol–water partition coefficient (Wildman–Crippen LogP) is 3.81. The van der Waals surface area contributed by atoms with Gasteiger partial charge in [0.15, 0.2) is 0 Å². The van der Waals surface area contributed by atoms with Gasteiger partial charge in [-0.15, -0.1) is 0 Å². The Morgan fingerprint density at radius 2 is 1.61 bits per heavy atom. The van der Waals surface area contributed by atoms with Crippen molar-refractivity contribution in [1.29, 1.82) is 0 Å². The first-order valence-corrected chi connectivity index (χ1v) is 7.81. The molecule has 0 saturated carbocycles. The lowest BCUT2D eigenvalue weighted by atomic mass is 10.0. The lowest BCUT2D eigenvalue weighted by Gasteiger charge is -2.11. The standard InChI is InChI=1S/C19H22N2O2/c1-4-20-19(23)16-7-5-6-8-17(16)21-18(22)15-11-9-14(10-12-15)13(2)3/h5-13H,4H2,1-3H3,(H,20,23)(H,21,22). The lowest BCUT2D eigenvalue weighted by Crippen LogP contribution is -2.24. The summed E-state index contributed by atoms with van der Waals surface area (Å²) < 4.78 is 0. The minimum Gasteiger partial charge on any atom is -0.352 e. The topological polar surface area (TPSA) is 58.2 Å². The third kappa shape index (κ3) is 4.19. The number of para-hydroxylation sites is 1. The van der Waals surface area contributed by atoms with Crippen molar-refractivity contribution in [2.24, 2.45) is 0 Å². The van der Waals surface area contributed by atoms with Crippen LogP contribution in [0.2, 0.25) is 0 Å². The van der Waals surface area contributed by atoms with Crippen LogP contribution in [0, 0.1) is 0 Å². The molecule has 0 aliphatic rings. The Labute approximate surface area is 136 Å². The highest BCUT2D eigenvalue weighted by molar-refractivity contribution is 6.09. The Hall–Kier alpha value is -2.62. The molecule has 2 aromatic rings. The quantitative estimate of drug-likeness (QED) is 0.882. The van der Waals surface area contributed by atoms with E-state index in [1.54, 1.807) is 36.4 Å². The molecule has 0 atom stereocenters. The maximum atomic E-state index is 12.4. The molecule has 2 aromatic carbocycles. The molecule has 0 radical (unpaired) electrons. The summed E-state index contributed by atoms with van der Waals surface area (Å²) in [5, 5.41) is 5.56. The smallest absolute Gasteiger partial charge is 0.255 e. The average molecular weight is 310 g/mol. The van der Waals surface area contributed by atoms with Gasteiger partial charge in [-0.2, -0.15) is 0 Å². The van der Waals surface area contributed by atoms with Crippen LogP contribution in [-0.2, 0) is 0 Å². The number of rotatable bonds is 5. The number of amides is 2. The first-order valence-electron chi connectivity index (χ1n) is 7.81. The maximum absolute atomic E-state index is 12.4. The van der Waals surface area contributed by atoms with Crippen LogP contribution in [0.15, 0.2) is 48.5 Å². The summed E-state index contributed by atoms with van der Waals surface area (Å²) in [4.78, 5) is 24.4. The average Bonchev–Trinajstić information content (AvgIpc) is 2.55. The number of benzene rings is 2. The molecule has 2 rings (SSSR count). The fourth-order valence-electron chi connectivity index (χ4n) is 2.26. The van der Waals surface area contributed by atoms with Crippen LogP contribution in [0.5, 0.6) is 0 Å². The van der Waals surface area contributed by atoms with E-state index >= 15 is 0 Å². The molecule has 0 unspecified atom stereocenters. The van der Waals surface area contributed by atoms with Gasteiger partial charge >= 0.3 is 0 Å². The zero-order valence-corrected chi connectivity index (χ0v) is 13.7. The number of nitrogens with one attached hydrogen (secondary N) is 2. The second kappa shape index (κ2) is 7.58. The van der Waals surface area contributed by atoms with Crippen molar-refractivity contribution in [1.82, 2.24) is 5.32 Å². The molecular weight excluding hydrogens is 288 g/mol. The molecular formula is C19H22N2O2. The molecule has 4 nitrogen and oxygen atoms in total. The molecule has 0 fully saturated rings. The molecule has 0 heterocycles. The van der Waals surface area contributed by atoms with Gasteiger partial charge in [-0.25, -0.2) is 0 Å². The Morgan fingerprint density at radius 1 is 0.957 bits per heavy atom. The van der Waals surface area contributed by atoms with Crippen molar-refractivity contribution < 1.29 is 9.59 Å². The van der Waals surface area contributed by atoms with Crippen LogP contribution in [0.25, 0.3) is 0 Å². The molecule has 0 bridgehead atoms. The molecule has 0 spiro atoms. The van der Waals surface area contributed by atoms with E-state index in [1.807, 2.05) is 19.1 Å². The molecule has 120 valence electrons. The number of carbonyl (C=O) groups is 2. The highest BCUT2D eigenvalue weighted by atomic mass is 16.2. The van der Waals surface area contributed by atoms with Crippen molar-refractivity contribution in [2.45, 2.75) is 26.7 Å². The van der Waals surface area contributed by atoms with Gasteiger partial charge in [0.1, 0.15) is 0 Å². The first-order chi connectivity index (χ1) is 11.0. The molecule has 2 N–H and O–H groups in total. The van der Waals surface area contributed by atoms with Crippen LogP contribution < -0.4 is 10.6 Å². The highest BCUT2D eigenvalue weighted by Crippen LogP contribution is 2.18. The van der Waals surface area contributed by atoms with Gasteiger partial charge in [-0.1, -0.05) is 38.1 Å². The molecule has 0 saturated heterocycles. The molecule has 0 aliphatic heterocycles. The second-order valence-corrected chi connectivity index (χ2v) is 5.64. The third-order valence-corrected chi connectivity index (χ3v) is 3.60. The molecule has 4 heteroatoms. The van der Waals surface area contributed by atoms with Gasteiger partial charge in [0, 0.05) is 12.1 Å². The van der Waals surface area contributed by atoms with Gasteiger partial charge < -0.3 is 10.6 Å². The fourth-order valence-corrected chi connectivity index (χ4v) is 2.26. The van der Waals surface area contributed by atoms with Crippen molar-refractivity contribution in [2.75, 3.05) is 11.9 Å². The van der Waals surface area contributed by atoms with E-state index in [1.165, 1.54) is 5.56 Å². The van der Waals surface area contributed by atoms with Gasteiger partial charge in [-0.05, 0) is 42.7 Å². The number of hydrogen-bond donors (Lipinski definition) is 2. The first kappa shape index (κ1) is 16.7. The van der Waals surface area contributed by atoms with Crippen molar-refractivity contribution in [3.8, 4) is 0 Å². The van der Waals surface area contributed by atoms with Crippen molar-refractivity contribution >= 4 is 17.5 Å². The van der Waals surface area contributed by atoms with Crippen LogP contribution in [-0.4, -0.2) is 18.4 Å². The molecule has 23 heavy (non-hydrogen) atoms. The monoisotopic (exact) mass is 310 g/mol. The summed E-state index contributed by atoms with van der Waals surface area (Å²) in [5.41, 5.74) is 2.72. The van der Waals surface area contributed by atoms with Crippen molar-refractivity contribution in [3.05, 3.63) is 65.2 Å². The van der Waals surface area contributed by atoms with E-state index in [9.17, 15) is 9.59 Å². The van der Waals surface area contributed by atoms with Gasteiger partial charge in [0.25, 0.3) is 11.8 Å². The SMILES string of the molecule is CCNC(=O)c1ccccc1NC(=O)c1ccc(C(C)C)cc1. The molecule has 0 aromatic heterocycles. The van der Waals surface area contributed by atoms with Crippen molar-refractivity contribution in [3.63, 3.8) is 0 Å². The summed E-state index contributed by atoms with van der Waals surface area (Å²) in [6.07, 6.45) is 0. The van der Waals surface area contributed by atoms with Crippen LogP contribution >= 0.6 is 0 Å². The second-order valence-electron chi connectivity index (χ2n) is 5.64. The lowest BCUT2D eigenvalue weighted by molar-refractivity contribution is 0.0956. The zero-order valence-electron chi connectivity index (χ0n) is 13.7. The fraction of sp³-hybridized carbons (Fsp3) is 0.263. The van der Waals surface area contributed by atoms with E-state index in [2.05, 4.69) is 24.5 Å². The Morgan fingerprint density at radius 3 is 2.22 bits per heavy atom. The number of carbonyl (C=O) groups excluding carboxylic acids is 2. The van der Waals surface area contributed by atoms with Crippen LogP contribution in [0.3, 0.4) is 0 Å². The van der Waals surface area contributed by atoms with E-state index in [-0.39, 0.29) is 11.8 Å². The highest BCUT2D eigenvalue weighted by Gasteiger charge is 2.13. The largest absolute Gasteiger partial charge is 0.352 e. The van der Waals surface area contributed by atoms with E-state index in [0.717, 1.165) is 0 Å². The van der Waals surface area contributed by atoms with E-state index in [0.29, 0.717) is 29.3 Å². The number of hydrogen-bond acceptors (Lipinski definition) is 2. The molecule has 0 aliphatic carbocycles. The summed E-state index contributed by atoms with van der Waals surface area (Å²) in [5.74, 6) is 0.00110. The Kier molecular flexibility index (Phi) is 5.52. The minimum atomic E-state index is -0.225. The Balaban J connectivity index is 2.18. The third-order valence-electron chi connectivity index (χ3n) is 3.60. The van der Waals surface area contributed by atoms with Gasteiger partial charge in [0.05, 0.1) is 11.3 Å². The minimum absolute atomic E-state index is 0.196. The molecule has 2 amide bonds. The van der Waals surface area contributed by atoms with Gasteiger partial charge in [-0.3, -0.25) is 9.59 Å². The van der Waals surface area contributed by atoms with E-state index < -0.39 is 0 Å².